The number of anilines is 1. The zero-order valence-electron chi connectivity index (χ0n) is 12.3. The second-order valence-electron chi connectivity index (χ2n) is 5.59. The second-order valence-corrected chi connectivity index (χ2v) is 5.59. The van der Waals surface area contributed by atoms with Gasteiger partial charge >= 0.3 is 12.2 Å². The number of carbonyl (C=O) groups is 1. The molecule has 0 bridgehead atoms. The molecule has 1 aromatic rings. The molecule has 0 radical (unpaired) electrons. The van der Waals surface area contributed by atoms with Crippen molar-refractivity contribution in [1.29, 1.82) is 0 Å². The minimum atomic E-state index is -4.37. The maximum absolute atomic E-state index is 12.4. The Bertz CT molecular complexity index is 498. The van der Waals surface area contributed by atoms with Gasteiger partial charge in [-0.25, -0.2) is 4.79 Å². The predicted molar refractivity (Wildman–Crippen MR) is 78.7 cm³/mol. The lowest BCUT2D eigenvalue weighted by Gasteiger charge is -2.15. The first-order chi connectivity index (χ1) is 10.3. The van der Waals surface area contributed by atoms with Crippen LogP contribution in [0.4, 0.5) is 23.7 Å². The molecule has 0 aromatic heterocycles. The van der Waals surface area contributed by atoms with Crippen LogP contribution in [0.1, 0.15) is 31.7 Å². The predicted octanol–water partition coefficient (Wildman–Crippen LogP) is 3.36. The van der Waals surface area contributed by atoms with E-state index in [2.05, 4.69) is 16.0 Å². The molecule has 1 fully saturated rings. The number of urea groups is 1. The molecule has 2 rings (SSSR count). The molecule has 1 unspecified atom stereocenters. The Hall–Kier alpha value is -1.76. The third-order valence-electron chi connectivity index (χ3n) is 3.44. The van der Waals surface area contributed by atoms with Crippen LogP contribution >= 0.6 is 0 Å². The number of halogens is 3. The lowest BCUT2D eigenvalue weighted by atomic mass is 10.2. The first-order valence-electron chi connectivity index (χ1n) is 7.33. The van der Waals surface area contributed by atoms with E-state index in [-0.39, 0.29) is 6.04 Å². The number of carbonyl (C=O) groups excluding carboxylic acids is 1. The van der Waals surface area contributed by atoms with Crippen LogP contribution in [0.5, 0.6) is 0 Å². The van der Waals surface area contributed by atoms with Crippen LogP contribution in [0.25, 0.3) is 0 Å². The van der Waals surface area contributed by atoms with E-state index in [0.717, 1.165) is 25.1 Å². The summed E-state index contributed by atoms with van der Waals surface area (Å²) in [7, 11) is 0. The quantitative estimate of drug-likeness (QED) is 0.754. The van der Waals surface area contributed by atoms with Gasteiger partial charge in [0.1, 0.15) is 0 Å². The molecular weight excluding hydrogens is 295 g/mol. The van der Waals surface area contributed by atoms with E-state index in [1.165, 1.54) is 25.0 Å². The fourth-order valence-electron chi connectivity index (χ4n) is 2.00. The van der Waals surface area contributed by atoms with Gasteiger partial charge in [0.2, 0.25) is 0 Å². The molecule has 7 heteroatoms. The van der Waals surface area contributed by atoms with E-state index in [1.807, 2.05) is 6.92 Å². The van der Waals surface area contributed by atoms with Gasteiger partial charge in [0.05, 0.1) is 5.56 Å². The van der Waals surface area contributed by atoms with Crippen molar-refractivity contribution in [1.82, 2.24) is 10.6 Å². The molecule has 122 valence electrons. The average Bonchev–Trinajstić information content (AvgIpc) is 3.22. The summed E-state index contributed by atoms with van der Waals surface area (Å²) in [5.41, 5.74) is -0.410. The SMILES string of the molecule is CC(CCNC1CC1)NC(=O)Nc1ccc(C(F)(F)F)cc1. The zero-order chi connectivity index (χ0) is 16.2. The molecule has 22 heavy (non-hydrogen) atoms. The van der Waals surface area contributed by atoms with Crippen LogP contribution in [0.15, 0.2) is 24.3 Å². The Labute approximate surface area is 127 Å². The number of amides is 2. The smallest absolute Gasteiger partial charge is 0.335 e. The molecule has 0 aliphatic heterocycles. The summed E-state index contributed by atoms with van der Waals surface area (Å²) in [5.74, 6) is 0. The molecule has 0 saturated heterocycles. The standard InChI is InChI=1S/C15H20F3N3O/c1-10(8-9-19-12-6-7-12)20-14(22)21-13-4-2-11(3-5-13)15(16,17)18/h2-5,10,12,19H,6-9H2,1H3,(H2,20,21,22). The van der Waals surface area contributed by atoms with Gasteiger partial charge in [-0.2, -0.15) is 13.2 Å². The first kappa shape index (κ1) is 16.6. The van der Waals surface area contributed by atoms with Gasteiger partial charge in [0, 0.05) is 17.8 Å². The molecule has 2 amide bonds. The minimum absolute atomic E-state index is 0.0132. The number of hydrogen-bond donors (Lipinski definition) is 3. The van der Waals surface area contributed by atoms with Gasteiger partial charge in [-0.15, -0.1) is 0 Å². The van der Waals surface area contributed by atoms with Crippen molar-refractivity contribution in [3.05, 3.63) is 29.8 Å². The molecular formula is C15H20F3N3O. The van der Waals surface area contributed by atoms with Gasteiger partial charge in [-0.05, 0) is 57.0 Å². The fourth-order valence-corrected chi connectivity index (χ4v) is 2.00. The molecule has 4 nitrogen and oxygen atoms in total. The van der Waals surface area contributed by atoms with Gasteiger partial charge in [-0.1, -0.05) is 0 Å². The average molecular weight is 315 g/mol. The molecule has 1 atom stereocenters. The normalized spacial score (nSPS) is 16.2. The number of alkyl halides is 3. The zero-order valence-corrected chi connectivity index (χ0v) is 12.3. The molecule has 1 aliphatic rings. The van der Waals surface area contributed by atoms with E-state index in [1.54, 1.807) is 0 Å². The van der Waals surface area contributed by atoms with Gasteiger partial charge in [0.25, 0.3) is 0 Å². The van der Waals surface area contributed by atoms with Gasteiger partial charge in [-0.3, -0.25) is 0 Å². The molecule has 0 heterocycles. The summed E-state index contributed by atoms with van der Waals surface area (Å²) in [4.78, 5) is 11.7. The maximum atomic E-state index is 12.4. The van der Waals surface area contributed by atoms with Crippen LogP contribution in [0, 0.1) is 0 Å². The van der Waals surface area contributed by atoms with Crippen molar-refractivity contribution in [2.75, 3.05) is 11.9 Å². The number of nitrogens with one attached hydrogen (secondary N) is 3. The van der Waals surface area contributed by atoms with E-state index >= 15 is 0 Å². The Morgan fingerprint density at radius 2 is 1.91 bits per heavy atom. The van der Waals surface area contributed by atoms with Crippen LogP contribution in [-0.4, -0.2) is 24.7 Å². The summed E-state index contributed by atoms with van der Waals surface area (Å²) < 4.78 is 37.3. The van der Waals surface area contributed by atoms with Crippen LogP contribution in [0.2, 0.25) is 0 Å². The largest absolute Gasteiger partial charge is 0.416 e. The molecule has 3 N–H and O–H groups in total. The Kier molecular flexibility index (Phi) is 5.28. The minimum Gasteiger partial charge on any atom is -0.335 e. The molecule has 1 saturated carbocycles. The Morgan fingerprint density at radius 3 is 2.45 bits per heavy atom. The van der Waals surface area contributed by atoms with Crippen LogP contribution < -0.4 is 16.0 Å². The third-order valence-corrected chi connectivity index (χ3v) is 3.44. The number of benzene rings is 1. The monoisotopic (exact) mass is 315 g/mol. The summed E-state index contributed by atoms with van der Waals surface area (Å²) >= 11 is 0. The molecule has 1 aliphatic carbocycles. The van der Waals surface area contributed by atoms with Crippen molar-refractivity contribution in [2.45, 2.75) is 44.4 Å². The van der Waals surface area contributed by atoms with Crippen molar-refractivity contribution >= 4 is 11.7 Å². The van der Waals surface area contributed by atoms with E-state index in [9.17, 15) is 18.0 Å². The third kappa shape index (κ3) is 5.55. The summed E-state index contributed by atoms with van der Waals surface area (Å²) in [6.45, 7) is 2.73. The lowest BCUT2D eigenvalue weighted by molar-refractivity contribution is -0.137. The topological polar surface area (TPSA) is 53.2 Å². The number of rotatable bonds is 6. The Balaban J connectivity index is 1.73. The summed E-state index contributed by atoms with van der Waals surface area (Å²) in [6, 6.07) is 4.56. The van der Waals surface area contributed by atoms with Gasteiger partial charge < -0.3 is 16.0 Å². The van der Waals surface area contributed by atoms with Crippen molar-refractivity contribution < 1.29 is 18.0 Å². The van der Waals surface area contributed by atoms with Crippen LogP contribution in [0.3, 0.4) is 0 Å². The van der Waals surface area contributed by atoms with Crippen molar-refractivity contribution in [3.8, 4) is 0 Å². The van der Waals surface area contributed by atoms with E-state index in [4.69, 9.17) is 0 Å². The second kappa shape index (κ2) is 7.00. The Morgan fingerprint density at radius 1 is 1.27 bits per heavy atom. The number of hydrogen-bond acceptors (Lipinski definition) is 2. The highest BCUT2D eigenvalue weighted by molar-refractivity contribution is 5.89. The molecule has 0 spiro atoms. The van der Waals surface area contributed by atoms with E-state index < -0.39 is 17.8 Å². The van der Waals surface area contributed by atoms with Crippen LogP contribution in [-0.2, 0) is 6.18 Å². The highest BCUT2D eigenvalue weighted by atomic mass is 19.4. The lowest BCUT2D eigenvalue weighted by Crippen LogP contribution is -2.38. The fraction of sp³-hybridized carbons (Fsp3) is 0.533. The van der Waals surface area contributed by atoms with Crippen molar-refractivity contribution in [3.63, 3.8) is 0 Å². The highest BCUT2D eigenvalue weighted by Gasteiger charge is 2.30. The summed E-state index contributed by atoms with van der Waals surface area (Å²) in [6.07, 6.45) is -1.13. The van der Waals surface area contributed by atoms with Gasteiger partial charge in [0.15, 0.2) is 0 Å². The van der Waals surface area contributed by atoms with E-state index in [0.29, 0.717) is 11.7 Å². The summed E-state index contributed by atoms with van der Waals surface area (Å²) in [5, 5.41) is 8.63. The first-order valence-corrected chi connectivity index (χ1v) is 7.33. The van der Waals surface area contributed by atoms with Crippen molar-refractivity contribution in [2.24, 2.45) is 0 Å². The molecule has 1 aromatic carbocycles. The highest BCUT2D eigenvalue weighted by Crippen LogP contribution is 2.29. The maximum Gasteiger partial charge on any atom is 0.416 e.